The molecule has 0 aliphatic carbocycles. The van der Waals surface area contributed by atoms with Crippen LogP contribution in [-0.4, -0.2) is 19.7 Å². The first-order chi connectivity index (χ1) is 7.13. The second kappa shape index (κ2) is 4.32. The maximum absolute atomic E-state index is 4.32. The van der Waals surface area contributed by atoms with Crippen LogP contribution in [0, 0.1) is 6.92 Å². The molecule has 0 N–H and O–H groups in total. The lowest BCUT2D eigenvalue weighted by atomic mass is 10.6. The summed E-state index contributed by atoms with van der Waals surface area (Å²) in [7, 11) is 1.89. The van der Waals surface area contributed by atoms with Crippen LogP contribution in [0.5, 0.6) is 0 Å². The van der Waals surface area contributed by atoms with Gasteiger partial charge in [0.05, 0.1) is 11.1 Å². The van der Waals surface area contributed by atoms with Crippen molar-refractivity contribution < 1.29 is 0 Å². The zero-order valence-electron chi connectivity index (χ0n) is 8.31. The number of aromatic nitrogens is 4. The minimum absolute atomic E-state index is 0.760. The van der Waals surface area contributed by atoms with Crippen LogP contribution in [0.2, 0.25) is 0 Å². The Bertz CT molecular complexity index is 462. The molecule has 0 amide bonds. The predicted octanol–water partition coefficient (Wildman–Crippen LogP) is 2.43. The molecule has 2 aromatic rings. The highest BCUT2D eigenvalue weighted by Gasteiger charge is 2.03. The molecule has 0 radical (unpaired) electrons. The van der Waals surface area contributed by atoms with Gasteiger partial charge in [0.25, 0.3) is 0 Å². The molecule has 0 aromatic carbocycles. The Labute approximate surface area is 100 Å². The fraction of sp³-hybridized carbons (Fsp3) is 0.222. The third-order valence-corrected chi connectivity index (χ3v) is 2.96. The summed E-state index contributed by atoms with van der Waals surface area (Å²) in [4.78, 5) is 9.55. The SMILES string of the molecule is Cc1nc(Br)cc(Sc2cnn(C)c2)n1. The van der Waals surface area contributed by atoms with Crippen LogP contribution in [0.4, 0.5) is 0 Å². The highest BCUT2D eigenvalue weighted by molar-refractivity contribution is 9.10. The van der Waals surface area contributed by atoms with Crippen LogP contribution in [0.1, 0.15) is 5.82 Å². The molecular weight excluding hydrogens is 276 g/mol. The van der Waals surface area contributed by atoms with Gasteiger partial charge in [0, 0.05) is 19.3 Å². The summed E-state index contributed by atoms with van der Waals surface area (Å²) in [6.45, 7) is 1.87. The second-order valence-corrected chi connectivity index (χ2v) is 4.93. The fourth-order valence-corrected chi connectivity index (χ4v) is 2.65. The molecule has 0 aliphatic heterocycles. The van der Waals surface area contributed by atoms with Crippen LogP contribution in [0.15, 0.2) is 33.0 Å². The molecule has 0 fully saturated rings. The predicted molar refractivity (Wildman–Crippen MR) is 61.8 cm³/mol. The second-order valence-electron chi connectivity index (χ2n) is 3.03. The lowest BCUT2D eigenvalue weighted by Crippen LogP contribution is -1.89. The van der Waals surface area contributed by atoms with Gasteiger partial charge in [-0.05, 0) is 22.9 Å². The Morgan fingerprint density at radius 1 is 1.40 bits per heavy atom. The Morgan fingerprint density at radius 2 is 2.20 bits per heavy atom. The van der Waals surface area contributed by atoms with Crippen LogP contribution in [0.3, 0.4) is 0 Å². The van der Waals surface area contributed by atoms with Crippen molar-refractivity contribution in [3.63, 3.8) is 0 Å². The third kappa shape index (κ3) is 2.79. The molecule has 0 saturated heterocycles. The van der Waals surface area contributed by atoms with Gasteiger partial charge in [-0.25, -0.2) is 9.97 Å². The number of aryl methyl sites for hydroxylation is 2. The van der Waals surface area contributed by atoms with Gasteiger partial charge in [-0.3, -0.25) is 4.68 Å². The summed E-state index contributed by atoms with van der Waals surface area (Å²) in [5, 5.41) is 5.02. The van der Waals surface area contributed by atoms with E-state index in [1.54, 1.807) is 16.4 Å². The monoisotopic (exact) mass is 284 g/mol. The van der Waals surface area contributed by atoms with E-state index in [1.807, 2.05) is 32.4 Å². The summed E-state index contributed by atoms with van der Waals surface area (Å²) >= 11 is 4.92. The average Bonchev–Trinajstić information content (AvgIpc) is 2.49. The van der Waals surface area contributed by atoms with Crippen LogP contribution < -0.4 is 0 Å². The summed E-state index contributed by atoms with van der Waals surface area (Å²) < 4.78 is 2.58. The van der Waals surface area contributed by atoms with Crippen molar-refractivity contribution in [2.24, 2.45) is 7.05 Å². The molecule has 0 unspecified atom stereocenters. The minimum atomic E-state index is 0.760. The van der Waals surface area contributed by atoms with E-state index < -0.39 is 0 Å². The van der Waals surface area contributed by atoms with Crippen molar-refractivity contribution >= 4 is 27.7 Å². The normalized spacial score (nSPS) is 10.6. The van der Waals surface area contributed by atoms with E-state index in [0.717, 1.165) is 20.3 Å². The Hall–Kier alpha value is -0.880. The first-order valence-corrected chi connectivity index (χ1v) is 5.92. The average molecular weight is 285 g/mol. The molecule has 2 rings (SSSR count). The van der Waals surface area contributed by atoms with Crippen molar-refractivity contribution in [3.8, 4) is 0 Å². The van der Waals surface area contributed by atoms with Crippen molar-refractivity contribution in [1.82, 2.24) is 19.7 Å². The molecule has 2 heterocycles. The van der Waals surface area contributed by atoms with Gasteiger partial charge in [-0.15, -0.1) is 0 Å². The highest BCUT2D eigenvalue weighted by Crippen LogP contribution is 2.26. The van der Waals surface area contributed by atoms with Crippen LogP contribution >= 0.6 is 27.7 Å². The maximum atomic E-state index is 4.32. The van der Waals surface area contributed by atoms with Gasteiger partial charge in [0.1, 0.15) is 15.5 Å². The Morgan fingerprint density at radius 3 is 2.80 bits per heavy atom. The van der Waals surface area contributed by atoms with E-state index in [-0.39, 0.29) is 0 Å². The van der Waals surface area contributed by atoms with Crippen LogP contribution in [-0.2, 0) is 7.05 Å². The van der Waals surface area contributed by atoms with Crippen molar-refractivity contribution in [3.05, 3.63) is 28.9 Å². The van der Waals surface area contributed by atoms with E-state index in [4.69, 9.17) is 0 Å². The molecule has 15 heavy (non-hydrogen) atoms. The number of nitrogens with zero attached hydrogens (tertiary/aromatic N) is 4. The third-order valence-electron chi connectivity index (χ3n) is 1.69. The standard InChI is InChI=1S/C9H9BrN4S/c1-6-12-8(10)3-9(13-6)15-7-4-11-14(2)5-7/h3-5H,1-2H3. The highest BCUT2D eigenvalue weighted by atomic mass is 79.9. The largest absolute Gasteiger partial charge is 0.275 e. The molecule has 0 saturated carbocycles. The molecule has 0 spiro atoms. The zero-order chi connectivity index (χ0) is 10.8. The first-order valence-electron chi connectivity index (χ1n) is 4.31. The number of halogens is 1. The molecule has 78 valence electrons. The number of hydrogen-bond donors (Lipinski definition) is 0. The lowest BCUT2D eigenvalue weighted by Gasteiger charge is -1.99. The van der Waals surface area contributed by atoms with E-state index in [9.17, 15) is 0 Å². The smallest absolute Gasteiger partial charge is 0.127 e. The molecule has 6 heteroatoms. The summed E-state index contributed by atoms with van der Waals surface area (Å²) in [6.07, 6.45) is 3.77. The summed E-state index contributed by atoms with van der Waals surface area (Å²) in [5.41, 5.74) is 0. The first kappa shape index (κ1) is 10.6. The van der Waals surface area contributed by atoms with Crippen LogP contribution in [0.25, 0.3) is 0 Å². The fourth-order valence-electron chi connectivity index (χ4n) is 1.13. The van der Waals surface area contributed by atoms with Gasteiger partial charge < -0.3 is 0 Å². The molecule has 0 aliphatic rings. The van der Waals surface area contributed by atoms with Crippen molar-refractivity contribution in [2.45, 2.75) is 16.8 Å². The van der Waals surface area contributed by atoms with Gasteiger partial charge in [-0.2, -0.15) is 5.10 Å². The number of hydrogen-bond acceptors (Lipinski definition) is 4. The van der Waals surface area contributed by atoms with E-state index in [2.05, 4.69) is 31.0 Å². The van der Waals surface area contributed by atoms with Gasteiger partial charge >= 0.3 is 0 Å². The molecular formula is C9H9BrN4S. The van der Waals surface area contributed by atoms with Gasteiger partial charge in [-0.1, -0.05) is 11.8 Å². The van der Waals surface area contributed by atoms with E-state index >= 15 is 0 Å². The Kier molecular flexibility index (Phi) is 3.06. The van der Waals surface area contributed by atoms with Crippen molar-refractivity contribution in [2.75, 3.05) is 0 Å². The summed E-state index contributed by atoms with van der Waals surface area (Å²) in [6, 6.07) is 1.89. The van der Waals surface area contributed by atoms with Gasteiger partial charge in [0.15, 0.2) is 0 Å². The summed E-state index contributed by atoms with van der Waals surface area (Å²) in [5.74, 6) is 0.760. The van der Waals surface area contributed by atoms with Crippen molar-refractivity contribution in [1.29, 1.82) is 0 Å². The van der Waals surface area contributed by atoms with Gasteiger partial charge in [0.2, 0.25) is 0 Å². The molecule has 0 atom stereocenters. The molecule has 2 aromatic heterocycles. The zero-order valence-corrected chi connectivity index (χ0v) is 10.7. The Balaban J connectivity index is 2.24. The number of rotatable bonds is 2. The lowest BCUT2D eigenvalue weighted by molar-refractivity contribution is 0.766. The maximum Gasteiger partial charge on any atom is 0.127 e. The topological polar surface area (TPSA) is 43.6 Å². The quantitative estimate of drug-likeness (QED) is 0.795. The molecule has 0 bridgehead atoms. The van der Waals surface area contributed by atoms with E-state index in [0.29, 0.717) is 0 Å². The minimum Gasteiger partial charge on any atom is -0.275 e. The molecule has 4 nitrogen and oxygen atoms in total. The van der Waals surface area contributed by atoms with E-state index in [1.165, 1.54) is 0 Å².